The predicted molar refractivity (Wildman–Crippen MR) is 109 cm³/mol. The van der Waals surface area contributed by atoms with Crippen LogP contribution in [0.1, 0.15) is 38.4 Å². The van der Waals surface area contributed by atoms with Gasteiger partial charge in [-0.15, -0.1) is 11.3 Å². The molecular weight excluding hydrogens is 394 g/mol. The number of thiophene rings is 1. The molecule has 1 heterocycles. The maximum Gasteiger partial charge on any atom is 0.265 e. The zero-order valence-electron chi connectivity index (χ0n) is 15.6. The molecule has 0 bridgehead atoms. The third-order valence-electron chi connectivity index (χ3n) is 4.68. The van der Waals surface area contributed by atoms with Crippen LogP contribution < -0.4 is 10.6 Å². The molecule has 0 atom stereocenters. The number of benzene rings is 2. The van der Waals surface area contributed by atoms with Crippen molar-refractivity contribution < 1.29 is 18.4 Å². The smallest absolute Gasteiger partial charge is 0.265 e. The molecule has 1 aliphatic rings. The van der Waals surface area contributed by atoms with Crippen molar-refractivity contribution in [1.29, 1.82) is 0 Å². The van der Waals surface area contributed by atoms with Crippen LogP contribution in [0.4, 0.5) is 14.5 Å². The van der Waals surface area contributed by atoms with E-state index in [0.717, 1.165) is 47.9 Å². The summed E-state index contributed by atoms with van der Waals surface area (Å²) in [7, 11) is 0. The molecule has 29 heavy (non-hydrogen) atoms. The van der Waals surface area contributed by atoms with Crippen molar-refractivity contribution in [3.05, 3.63) is 76.2 Å². The van der Waals surface area contributed by atoms with Crippen LogP contribution in [-0.2, 0) is 0 Å². The fourth-order valence-electron chi connectivity index (χ4n) is 2.87. The van der Waals surface area contributed by atoms with Crippen molar-refractivity contribution >= 4 is 28.8 Å². The highest BCUT2D eigenvalue weighted by Gasteiger charge is 2.24. The summed E-state index contributed by atoms with van der Waals surface area (Å²) in [6, 6.07) is 11.8. The van der Waals surface area contributed by atoms with Crippen molar-refractivity contribution in [3.63, 3.8) is 0 Å². The van der Waals surface area contributed by atoms with E-state index in [0.29, 0.717) is 21.0 Å². The average molecular weight is 412 g/mol. The third kappa shape index (κ3) is 4.35. The van der Waals surface area contributed by atoms with E-state index in [9.17, 15) is 18.4 Å². The van der Waals surface area contributed by atoms with Gasteiger partial charge < -0.3 is 10.6 Å². The number of halogens is 2. The fourth-order valence-corrected chi connectivity index (χ4v) is 3.79. The molecular formula is C22H18F2N2O2S. The minimum absolute atomic E-state index is 0.115. The van der Waals surface area contributed by atoms with Crippen LogP contribution in [0.2, 0.25) is 0 Å². The molecule has 2 N–H and O–H groups in total. The van der Waals surface area contributed by atoms with E-state index < -0.39 is 11.6 Å². The highest BCUT2D eigenvalue weighted by Crippen LogP contribution is 2.31. The quantitative estimate of drug-likeness (QED) is 0.609. The number of aryl methyl sites for hydroxylation is 1. The normalized spacial score (nSPS) is 13.2. The van der Waals surface area contributed by atoms with Crippen molar-refractivity contribution in [1.82, 2.24) is 5.32 Å². The molecule has 3 aromatic rings. The second-order valence-corrected chi connectivity index (χ2v) is 8.10. The number of hydrogen-bond acceptors (Lipinski definition) is 3. The molecule has 1 saturated carbocycles. The van der Waals surface area contributed by atoms with Crippen LogP contribution in [0.15, 0.2) is 48.5 Å². The van der Waals surface area contributed by atoms with Crippen LogP contribution in [0.25, 0.3) is 10.4 Å². The number of amides is 2. The summed E-state index contributed by atoms with van der Waals surface area (Å²) in [5.41, 5.74) is 1.94. The van der Waals surface area contributed by atoms with Gasteiger partial charge in [0, 0.05) is 27.7 Å². The summed E-state index contributed by atoms with van der Waals surface area (Å²) in [6.07, 6.45) is 1.99. The highest BCUT2D eigenvalue weighted by atomic mass is 32.1. The Morgan fingerprint density at radius 3 is 2.55 bits per heavy atom. The third-order valence-corrected chi connectivity index (χ3v) is 5.80. The number of anilines is 1. The van der Waals surface area contributed by atoms with Gasteiger partial charge in [0.1, 0.15) is 11.6 Å². The number of carbonyl (C=O) groups excluding carboxylic acids is 2. The molecule has 1 fully saturated rings. The van der Waals surface area contributed by atoms with Crippen LogP contribution in [0.5, 0.6) is 0 Å². The topological polar surface area (TPSA) is 58.2 Å². The van der Waals surface area contributed by atoms with Gasteiger partial charge in [-0.2, -0.15) is 0 Å². The zero-order valence-corrected chi connectivity index (χ0v) is 16.4. The van der Waals surface area contributed by atoms with Gasteiger partial charge >= 0.3 is 0 Å². The molecule has 4 nitrogen and oxygen atoms in total. The molecule has 2 aromatic carbocycles. The lowest BCUT2D eigenvalue weighted by atomic mass is 10.1. The molecule has 7 heteroatoms. The number of hydrogen-bond donors (Lipinski definition) is 2. The average Bonchev–Trinajstić information content (AvgIpc) is 3.37. The van der Waals surface area contributed by atoms with Gasteiger partial charge in [0.25, 0.3) is 11.8 Å². The Morgan fingerprint density at radius 2 is 1.79 bits per heavy atom. The van der Waals surface area contributed by atoms with E-state index in [-0.39, 0.29) is 23.4 Å². The number of rotatable bonds is 5. The van der Waals surface area contributed by atoms with Crippen LogP contribution in [0, 0.1) is 18.6 Å². The second-order valence-electron chi connectivity index (χ2n) is 7.02. The van der Waals surface area contributed by atoms with Crippen molar-refractivity contribution in [2.75, 3.05) is 5.32 Å². The highest BCUT2D eigenvalue weighted by molar-refractivity contribution is 7.17. The fraction of sp³-hybridized carbons (Fsp3) is 0.182. The van der Waals surface area contributed by atoms with Crippen molar-refractivity contribution in [2.45, 2.75) is 25.8 Å². The summed E-state index contributed by atoms with van der Waals surface area (Å²) in [4.78, 5) is 25.7. The Labute approximate surface area is 170 Å². The first-order valence-corrected chi connectivity index (χ1v) is 10.0. The van der Waals surface area contributed by atoms with Gasteiger partial charge in [-0.1, -0.05) is 6.07 Å². The van der Waals surface area contributed by atoms with Crippen molar-refractivity contribution in [3.8, 4) is 10.4 Å². The number of carbonyl (C=O) groups is 2. The Balaban J connectivity index is 1.53. The SMILES string of the molecule is Cc1ccc(C(=O)NC2CC2)cc1NC(=O)c1ccc(-c2cc(F)ccc2F)s1. The first kappa shape index (κ1) is 19.3. The van der Waals surface area contributed by atoms with Crippen molar-refractivity contribution in [2.24, 2.45) is 0 Å². The lowest BCUT2D eigenvalue weighted by molar-refractivity contribution is 0.0949. The van der Waals surface area contributed by atoms with E-state index >= 15 is 0 Å². The van der Waals surface area contributed by atoms with Gasteiger partial charge in [0.15, 0.2) is 0 Å². The van der Waals surface area contributed by atoms with E-state index in [1.165, 1.54) is 0 Å². The summed E-state index contributed by atoms with van der Waals surface area (Å²) in [5.74, 6) is -1.63. The van der Waals surface area contributed by atoms with Gasteiger partial charge in [0.05, 0.1) is 4.88 Å². The minimum atomic E-state index is -0.551. The molecule has 0 aliphatic heterocycles. The zero-order chi connectivity index (χ0) is 20.5. The first-order valence-electron chi connectivity index (χ1n) is 9.19. The monoisotopic (exact) mass is 412 g/mol. The lowest BCUT2D eigenvalue weighted by Gasteiger charge is -2.10. The van der Waals surface area contributed by atoms with E-state index in [1.807, 2.05) is 6.92 Å². The molecule has 0 radical (unpaired) electrons. The van der Waals surface area contributed by atoms with Gasteiger partial charge in [-0.25, -0.2) is 8.78 Å². The molecule has 2 amide bonds. The maximum atomic E-state index is 14.0. The van der Waals surface area contributed by atoms with Crippen LogP contribution in [0.3, 0.4) is 0 Å². The minimum Gasteiger partial charge on any atom is -0.349 e. The Kier molecular flexibility index (Phi) is 5.15. The Morgan fingerprint density at radius 1 is 1.00 bits per heavy atom. The Bertz CT molecular complexity index is 1110. The lowest BCUT2D eigenvalue weighted by Crippen LogP contribution is -2.25. The summed E-state index contributed by atoms with van der Waals surface area (Å²) in [5, 5.41) is 5.72. The second kappa shape index (κ2) is 7.75. The van der Waals surface area contributed by atoms with Crippen LogP contribution in [-0.4, -0.2) is 17.9 Å². The van der Waals surface area contributed by atoms with Crippen LogP contribution >= 0.6 is 11.3 Å². The Hall–Kier alpha value is -3.06. The molecule has 0 saturated heterocycles. The van der Waals surface area contributed by atoms with Gasteiger partial charge in [0.2, 0.25) is 0 Å². The van der Waals surface area contributed by atoms with E-state index in [4.69, 9.17) is 0 Å². The maximum absolute atomic E-state index is 14.0. The van der Waals surface area contributed by atoms with Gasteiger partial charge in [-0.3, -0.25) is 9.59 Å². The molecule has 1 aliphatic carbocycles. The largest absolute Gasteiger partial charge is 0.349 e. The molecule has 0 unspecified atom stereocenters. The van der Waals surface area contributed by atoms with Gasteiger partial charge in [-0.05, 0) is 67.8 Å². The standard InChI is InChI=1S/C22H18F2N2O2S/c1-12-2-3-13(21(27)25-15-5-6-15)10-18(12)26-22(28)20-9-8-19(29-20)16-11-14(23)4-7-17(16)24/h2-4,7-11,15H,5-6H2,1H3,(H,25,27)(H,26,28). The van der Waals surface area contributed by atoms with E-state index in [1.54, 1.807) is 30.3 Å². The molecule has 148 valence electrons. The predicted octanol–water partition coefficient (Wildman–Crippen LogP) is 5.15. The summed E-state index contributed by atoms with van der Waals surface area (Å²) < 4.78 is 27.4. The molecule has 4 rings (SSSR count). The number of nitrogens with one attached hydrogen (secondary N) is 2. The molecule has 1 aromatic heterocycles. The summed E-state index contributed by atoms with van der Waals surface area (Å²) in [6.45, 7) is 1.83. The summed E-state index contributed by atoms with van der Waals surface area (Å²) >= 11 is 1.07. The van der Waals surface area contributed by atoms with E-state index in [2.05, 4.69) is 10.6 Å². The first-order chi connectivity index (χ1) is 13.9. The molecule has 0 spiro atoms.